The number of hydrogen-bond acceptors (Lipinski definition) is 2. The van der Waals surface area contributed by atoms with Gasteiger partial charge in [-0.15, -0.1) is 0 Å². The summed E-state index contributed by atoms with van der Waals surface area (Å²) in [4.78, 5) is 12.0. The molecule has 0 aliphatic heterocycles. The van der Waals surface area contributed by atoms with Crippen molar-refractivity contribution in [3.8, 4) is 0 Å². The van der Waals surface area contributed by atoms with Gasteiger partial charge in [0.05, 0.1) is 16.3 Å². The molecule has 0 fully saturated rings. The third kappa shape index (κ3) is 2.34. The molecule has 2 nitrogen and oxygen atoms in total. The first-order chi connectivity index (χ1) is 9.32. The summed E-state index contributed by atoms with van der Waals surface area (Å²) in [5, 5.41) is -0.463. The highest BCUT2D eigenvalue weighted by atomic mass is 35.5. The van der Waals surface area contributed by atoms with E-state index < -0.39 is 50.9 Å². The summed E-state index contributed by atoms with van der Waals surface area (Å²) < 4.78 is 53.3. The summed E-state index contributed by atoms with van der Waals surface area (Å²) in [6, 6.07) is 2.75. The number of rotatable bonds is 2. The number of carbonyl (C=O) groups is 1. The van der Waals surface area contributed by atoms with Crippen molar-refractivity contribution in [3.05, 3.63) is 63.7 Å². The molecule has 0 amide bonds. The van der Waals surface area contributed by atoms with Gasteiger partial charge in [-0.05, 0) is 24.3 Å². The number of benzene rings is 2. The maximum Gasteiger partial charge on any atom is 0.200 e. The summed E-state index contributed by atoms with van der Waals surface area (Å²) in [6.07, 6.45) is 0. The third-order valence-electron chi connectivity index (χ3n) is 2.60. The zero-order valence-corrected chi connectivity index (χ0v) is 10.4. The van der Waals surface area contributed by atoms with Gasteiger partial charge in [-0.25, -0.2) is 17.6 Å². The molecule has 20 heavy (non-hydrogen) atoms. The van der Waals surface area contributed by atoms with Crippen LogP contribution in [-0.2, 0) is 0 Å². The molecule has 0 atom stereocenters. The highest BCUT2D eigenvalue weighted by Crippen LogP contribution is 2.26. The van der Waals surface area contributed by atoms with E-state index in [9.17, 15) is 22.4 Å². The fraction of sp³-hybridized carbons (Fsp3) is 0. The fourth-order valence-electron chi connectivity index (χ4n) is 1.61. The number of carbonyl (C=O) groups excluding carboxylic acids is 1. The molecular weight excluding hydrogens is 298 g/mol. The first-order valence-corrected chi connectivity index (χ1v) is 5.63. The van der Waals surface area contributed by atoms with E-state index in [1.807, 2.05) is 0 Å². The van der Waals surface area contributed by atoms with E-state index in [-0.39, 0.29) is 0 Å². The normalized spacial score (nSPS) is 10.7. The molecule has 0 radical (unpaired) electrons. The molecule has 0 unspecified atom stereocenters. The van der Waals surface area contributed by atoms with Crippen molar-refractivity contribution < 1.29 is 22.4 Å². The molecule has 2 aromatic rings. The quantitative estimate of drug-likeness (QED) is 0.398. The molecule has 0 spiro atoms. The second kappa shape index (κ2) is 5.13. The Morgan fingerprint density at radius 2 is 1.60 bits per heavy atom. The van der Waals surface area contributed by atoms with Crippen LogP contribution >= 0.6 is 11.6 Å². The summed E-state index contributed by atoms with van der Waals surface area (Å²) in [5.74, 6) is -6.32. The standard InChI is InChI=1S/C13H6ClF4NO/c14-6-4-9(17)8(16)3-5(6)13(20)11-7(15)1-2-10(19)12(11)18/h1-4H,19H2. The van der Waals surface area contributed by atoms with Crippen molar-refractivity contribution in [3.63, 3.8) is 0 Å². The minimum atomic E-state index is -1.36. The number of halogens is 5. The van der Waals surface area contributed by atoms with Gasteiger partial charge >= 0.3 is 0 Å². The summed E-state index contributed by atoms with van der Waals surface area (Å²) in [5.41, 5.74) is 3.25. The first-order valence-electron chi connectivity index (χ1n) is 5.25. The fourth-order valence-corrected chi connectivity index (χ4v) is 1.84. The van der Waals surface area contributed by atoms with Crippen LogP contribution in [0.1, 0.15) is 15.9 Å². The Morgan fingerprint density at radius 3 is 2.25 bits per heavy atom. The van der Waals surface area contributed by atoms with Crippen LogP contribution in [0.15, 0.2) is 24.3 Å². The predicted molar refractivity (Wildman–Crippen MR) is 65.6 cm³/mol. The molecule has 0 saturated carbocycles. The predicted octanol–water partition coefficient (Wildman–Crippen LogP) is 3.71. The Labute approximate surface area is 115 Å². The van der Waals surface area contributed by atoms with Crippen LogP contribution < -0.4 is 5.73 Å². The Kier molecular flexibility index (Phi) is 3.67. The number of anilines is 1. The third-order valence-corrected chi connectivity index (χ3v) is 2.92. The van der Waals surface area contributed by atoms with Gasteiger partial charge in [0, 0.05) is 5.56 Å². The van der Waals surface area contributed by atoms with Gasteiger partial charge in [0.1, 0.15) is 5.82 Å². The topological polar surface area (TPSA) is 43.1 Å². The summed E-state index contributed by atoms with van der Waals surface area (Å²) in [7, 11) is 0. The van der Waals surface area contributed by atoms with Crippen LogP contribution in [0.2, 0.25) is 5.02 Å². The van der Waals surface area contributed by atoms with E-state index in [2.05, 4.69) is 0 Å². The van der Waals surface area contributed by atoms with Crippen LogP contribution in [0.3, 0.4) is 0 Å². The average molecular weight is 304 g/mol. The maximum atomic E-state index is 13.7. The SMILES string of the molecule is Nc1ccc(F)c(C(=O)c2cc(F)c(F)cc2Cl)c1F. The first kappa shape index (κ1) is 14.3. The Morgan fingerprint density at radius 1 is 1.00 bits per heavy atom. The molecule has 0 aliphatic rings. The number of nitrogens with two attached hydrogens (primary N) is 1. The number of hydrogen-bond donors (Lipinski definition) is 1. The van der Waals surface area contributed by atoms with E-state index in [4.69, 9.17) is 17.3 Å². The molecule has 2 N–H and O–H groups in total. The molecular formula is C13H6ClF4NO. The lowest BCUT2D eigenvalue weighted by molar-refractivity contribution is 0.103. The van der Waals surface area contributed by atoms with Crippen molar-refractivity contribution in [1.82, 2.24) is 0 Å². The average Bonchev–Trinajstić information content (AvgIpc) is 2.38. The van der Waals surface area contributed by atoms with Crippen LogP contribution in [0.5, 0.6) is 0 Å². The molecule has 0 saturated heterocycles. The number of ketones is 1. The Bertz CT molecular complexity index is 718. The van der Waals surface area contributed by atoms with Gasteiger partial charge in [-0.2, -0.15) is 0 Å². The van der Waals surface area contributed by atoms with Gasteiger partial charge in [0.25, 0.3) is 0 Å². The van der Waals surface area contributed by atoms with E-state index in [1.165, 1.54) is 0 Å². The largest absolute Gasteiger partial charge is 0.396 e. The van der Waals surface area contributed by atoms with Crippen molar-refractivity contribution in [1.29, 1.82) is 0 Å². The lowest BCUT2D eigenvalue weighted by Crippen LogP contribution is -2.11. The van der Waals surface area contributed by atoms with Crippen molar-refractivity contribution in [2.75, 3.05) is 5.73 Å². The van der Waals surface area contributed by atoms with Gasteiger partial charge in [-0.3, -0.25) is 4.79 Å². The highest BCUT2D eigenvalue weighted by Gasteiger charge is 2.24. The zero-order chi connectivity index (χ0) is 15.0. The molecule has 0 bridgehead atoms. The second-order valence-electron chi connectivity index (χ2n) is 3.90. The van der Waals surface area contributed by atoms with Crippen molar-refractivity contribution in [2.24, 2.45) is 0 Å². The lowest BCUT2D eigenvalue weighted by atomic mass is 10.0. The Balaban J connectivity index is 2.64. The Hall–Kier alpha value is -2.08. The van der Waals surface area contributed by atoms with E-state index >= 15 is 0 Å². The second-order valence-corrected chi connectivity index (χ2v) is 4.31. The van der Waals surface area contributed by atoms with Crippen molar-refractivity contribution >= 4 is 23.1 Å². The van der Waals surface area contributed by atoms with E-state index in [1.54, 1.807) is 0 Å². The van der Waals surface area contributed by atoms with Crippen LogP contribution in [0.4, 0.5) is 23.2 Å². The minimum Gasteiger partial charge on any atom is -0.396 e. The lowest BCUT2D eigenvalue weighted by Gasteiger charge is -2.08. The monoisotopic (exact) mass is 303 g/mol. The molecule has 0 heterocycles. The molecule has 2 aromatic carbocycles. The zero-order valence-electron chi connectivity index (χ0n) is 9.68. The molecule has 2 rings (SSSR count). The van der Waals surface area contributed by atoms with Gasteiger partial charge < -0.3 is 5.73 Å². The van der Waals surface area contributed by atoms with Crippen LogP contribution in [0.25, 0.3) is 0 Å². The van der Waals surface area contributed by atoms with E-state index in [0.717, 1.165) is 12.1 Å². The van der Waals surface area contributed by atoms with E-state index in [0.29, 0.717) is 12.1 Å². The van der Waals surface area contributed by atoms with Gasteiger partial charge in [0.15, 0.2) is 17.5 Å². The molecule has 0 aliphatic carbocycles. The van der Waals surface area contributed by atoms with Gasteiger partial charge in [-0.1, -0.05) is 11.6 Å². The van der Waals surface area contributed by atoms with Gasteiger partial charge in [0.2, 0.25) is 5.78 Å². The summed E-state index contributed by atoms with van der Waals surface area (Å²) >= 11 is 5.59. The number of nitrogen functional groups attached to an aromatic ring is 1. The van der Waals surface area contributed by atoms with Crippen molar-refractivity contribution in [2.45, 2.75) is 0 Å². The summed E-state index contributed by atoms with van der Waals surface area (Å²) in [6.45, 7) is 0. The molecule has 104 valence electrons. The van der Waals surface area contributed by atoms with Crippen LogP contribution in [-0.4, -0.2) is 5.78 Å². The highest BCUT2D eigenvalue weighted by molar-refractivity contribution is 6.35. The maximum absolute atomic E-state index is 13.7. The minimum absolute atomic E-state index is 0.451. The van der Waals surface area contributed by atoms with Crippen LogP contribution in [0, 0.1) is 23.3 Å². The molecule has 0 aromatic heterocycles. The smallest absolute Gasteiger partial charge is 0.200 e. The molecule has 7 heteroatoms.